The minimum atomic E-state index is 0. The maximum Gasteiger partial charge on any atom is 0.191 e. The number of hydrogen-bond acceptors (Lipinski definition) is 1. The van der Waals surface area contributed by atoms with E-state index in [0.29, 0.717) is 0 Å². The van der Waals surface area contributed by atoms with Gasteiger partial charge in [0.05, 0.1) is 0 Å². The number of hydrogen-bond donors (Lipinski definition) is 2. The van der Waals surface area contributed by atoms with Crippen molar-refractivity contribution >= 4 is 29.9 Å². The van der Waals surface area contributed by atoms with Crippen LogP contribution in [-0.2, 0) is 6.42 Å². The Kier molecular flexibility index (Phi) is 9.90. The van der Waals surface area contributed by atoms with Gasteiger partial charge >= 0.3 is 0 Å². The summed E-state index contributed by atoms with van der Waals surface area (Å²) in [6.07, 6.45) is 0.987. The van der Waals surface area contributed by atoms with Gasteiger partial charge in [-0.2, -0.15) is 0 Å². The van der Waals surface area contributed by atoms with E-state index in [-0.39, 0.29) is 24.0 Å². The number of guanidine groups is 1. The molecule has 0 atom stereocenters. The fraction of sp³-hybridized carbons (Fsp3) is 0.462. The van der Waals surface area contributed by atoms with Gasteiger partial charge in [0.15, 0.2) is 5.96 Å². The molecule has 1 aromatic carbocycles. The van der Waals surface area contributed by atoms with Crippen molar-refractivity contribution in [3.8, 4) is 0 Å². The average Bonchev–Trinajstić information content (AvgIpc) is 2.31. The molecule has 96 valence electrons. The zero-order valence-corrected chi connectivity index (χ0v) is 12.9. The predicted octanol–water partition coefficient (Wildman–Crippen LogP) is 2.42. The van der Waals surface area contributed by atoms with E-state index in [1.54, 1.807) is 0 Å². The molecule has 0 saturated heterocycles. The standard InChI is InChI=1S/C13H21N3.HI/c1-3-14-13(15-4-2)16-11-10-12-8-6-5-7-9-12;/h5-9H,3-4,10-11H2,1-2H3,(H2,14,15,16);1H. The van der Waals surface area contributed by atoms with Crippen molar-refractivity contribution in [2.75, 3.05) is 19.6 Å². The number of rotatable bonds is 5. The van der Waals surface area contributed by atoms with Crippen molar-refractivity contribution in [2.45, 2.75) is 20.3 Å². The maximum absolute atomic E-state index is 4.49. The molecular formula is C13H22IN3. The van der Waals surface area contributed by atoms with Crippen LogP contribution in [-0.4, -0.2) is 25.6 Å². The molecule has 1 rings (SSSR count). The molecule has 2 N–H and O–H groups in total. The molecule has 0 radical (unpaired) electrons. The van der Waals surface area contributed by atoms with Crippen molar-refractivity contribution in [1.29, 1.82) is 0 Å². The summed E-state index contributed by atoms with van der Waals surface area (Å²) in [4.78, 5) is 4.49. The number of nitrogens with zero attached hydrogens (tertiary/aromatic N) is 1. The van der Waals surface area contributed by atoms with E-state index in [4.69, 9.17) is 0 Å². The van der Waals surface area contributed by atoms with Crippen LogP contribution in [0.15, 0.2) is 35.3 Å². The summed E-state index contributed by atoms with van der Waals surface area (Å²) in [6, 6.07) is 10.4. The Morgan fingerprint density at radius 1 is 1.06 bits per heavy atom. The van der Waals surface area contributed by atoms with Gasteiger partial charge in [0, 0.05) is 19.6 Å². The quantitative estimate of drug-likeness (QED) is 0.488. The topological polar surface area (TPSA) is 36.4 Å². The van der Waals surface area contributed by atoms with E-state index in [1.807, 2.05) is 6.07 Å². The van der Waals surface area contributed by atoms with Crippen molar-refractivity contribution in [1.82, 2.24) is 10.6 Å². The first-order valence-corrected chi connectivity index (χ1v) is 5.93. The SMILES string of the molecule is CCNC(=NCCc1ccccc1)NCC.I. The van der Waals surface area contributed by atoms with Crippen LogP contribution in [0.25, 0.3) is 0 Å². The lowest BCUT2D eigenvalue weighted by atomic mass is 10.2. The van der Waals surface area contributed by atoms with Gasteiger partial charge in [-0.1, -0.05) is 30.3 Å². The van der Waals surface area contributed by atoms with Crippen LogP contribution in [0, 0.1) is 0 Å². The number of benzene rings is 1. The van der Waals surface area contributed by atoms with Crippen LogP contribution in [0.5, 0.6) is 0 Å². The van der Waals surface area contributed by atoms with E-state index < -0.39 is 0 Å². The Morgan fingerprint density at radius 2 is 1.65 bits per heavy atom. The molecule has 17 heavy (non-hydrogen) atoms. The van der Waals surface area contributed by atoms with Gasteiger partial charge in [0.25, 0.3) is 0 Å². The summed E-state index contributed by atoms with van der Waals surface area (Å²) < 4.78 is 0. The van der Waals surface area contributed by atoms with Gasteiger partial charge in [0.2, 0.25) is 0 Å². The van der Waals surface area contributed by atoms with Crippen molar-refractivity contribution in [2.24, 2.45) is 4.99 Å². The second-order valence-electron chi connectivity index (χ2n) is 3.53. The Morgan fingerprint density at radius 3 is 2.18 bits per heavy atom. The first-order valence-electron chi connectivity index (χ1n) is 5.93. The summed E-state index contributed by atoms with van der Waals surface area (Å²) >= 11 is 0. The van der Waals surface area contributed by atoms with Gasteiger partial charge in [-0.05, 0) is 25.8 Å². The highest BCUT2D eigenvalue weighted by atomic mass is 127. The number of halogens is 1. The molecular weight excluding hydrogens is 325 g/mol. The van der Waals surface area contributed by atoms with Gasteiger partial charge in [-0.25, -0.2) is 0 Å². The van der Waals surface area contributed by atoms with Crippen LogP contribution >= 0.6 is 24.0 Å². The molecule has 0 unspecified atom stereocenters. The largest absolute Gasteiger partial charge is 0.357 e. The van der Waals surface area contributed by atoms with Gasteiger partial charge in [-0.15, -0.1) is 24.0 Å². The molecule has 0 spiro atoms. The van der Waals surface area contributed by atoms with E-state index in [9.17, 15) is 0 Å². The van der Waals surface area contributed by atoms with E-state index >= 15 is 0 Å². The smallest absolute Gasteiger partial charge is 0.191 e. The van der Waals surface area contributed by atoms with Crippen LogP contribution < -0.4 is 10.6 Å². The minimum Gasteiger partial charge on any atom is -0.357 e. The minimum absolute atomic E-state index is 0. The normalized spacial score (nSPS) is 9.06. The molecule has 3 nitrogen and oxygen atoms in total. The second-order valence-corrected chi connectivity index (χ2v) is 3.53. The van der Waals surface area contributed by atoms with Crippen LogP contribution in [0.3, 0.4) is 0 Å². The Labute approximate surface area is 121 Å². The highest BCUT2D eigenvalue weighted by Gasteiger charge is 1.94. The summed E-state index contributed by atoms with van der Waals surface area (Å²) in [7, 11) is 0. The van der Waals surface area contributed by atoms with E-state index in [2.05, 4.69) is 53.7 Å². The van der Waals surface area contributed by atoms with Crippen LogP contribution in [0.2, 0.25) is 0 Å². The van der Waals surface area contributed by atoms with Crippen molar-refractivity contribution in [3.05, 3.63) is 35.9 Å². The zero-order chi connectivity index (χ0) is 11.6. The lowest BCUT2D eigenvalue weighted by Gasteiger charge is -2.08. The molecule has 0 bridgehead atoms. The first kappa shape index (κ1) is 16.2. The fourth-order valence-electron chi connectivity index (χ4n) is 1.45. The van der Waals surface area contributed by atoms with Crippen LogP contribution in [0.1, 0.15) is 19.4 Å². The molecule has 0 saturated carbocycles. The van der Waals surface area contributed by atoms with Crippen LogP contribution in [0.4, 0.5) is 0 Å². The third-order valence-electron chi connectivity index (χ3n) is 2.20. The average molecular weight is 347 g/mol. The van der Waals surface area contributed by atoms with E-state index in [1.165, 1.54) is 5.56 Å². The highest BCUT2D eigenvalue weighted by Crippen LogP contribution is 1.99. The zero-order valence-electron chi connectivity index (χ0n) is 10.6. The highest BCUT2D eigenvalue weighted by molar-refractivity contribution is 14.0. The monoisotopic (exact) mass is 347 g/mol. The molecule has 0 amide bonds. The summed E-state index contributed by atoms with van der Waals surface area (Å²) in [5.41, 5.74) is 1.33. The third-order valence-corrected chi connectivity index (χ3v) is 2.20. The molecule has 1 aromatic rings. The third kappa shape index (κ3) is 7.20. The Balaban J connectivity index is 0.00000256. The molecule has 4 heteroatoms. The molecule has 0 fully saturated rings. The summed E-state index contributed by atoms with van der Waals surface area (Å²) in [5, 5.41) is 6.42. The predicted molar refractivity (Wildman–Crippen MR) is 85.2 cm³/mol. The molecule has 0 aromatic heterocycles. The lowest BCUT2D eigenvalue weighted by molar-refractivity contribution is 0.833. The molecule has 0 aliphatic carbocycles. The maximum atomic E-state index is 4.49. The van der Waals surface area contributed by atoms with Crippen molar-refractivity contribution < 1.29 is 0 Å². The van der Waals surface area contributed by atoms with Gasteiger partial charge < -0.3 is 10.6 Å². The van der Waals surface area contributed by atoms with E-state index in [0.717, 1.165) is 32.0 Å². The van der Waals surface area contributed by atoms with Gasteiger partial charge in [0.1, 0.15) is 0 Å². The molecule has 0 aliphatic heterocycles. The number of nitrogens with one attached hydrogen (secondary N) is 2. The Bertz CT molecular complexity index is 304. The summed E-state index contributed by atoms with van der Waals surface area (Å²) in [5.74, 6) is 0.904. The number of aliphatic imine (C=N–C) groups is 1. The van der Waals surface area contributed by atoms with Crippen molar-refractivity contribution in [3.63, 3.8) is 0 Å². The Hall–Kier alpha value is -0.780. The molecule has 0 aliphatic rings. The lowest BCUT2D eigenvalue weighted by Crippen LogP contribution is -2.37. The fourth-order valence-corrected chi connectivity index (χ4v) is 1.45. The second kappa shape index (κ2) is 10.4. The van der Waals surface area contributed by atoms with Gasteiger partial charge in [-0.3, -0.25) is 4.99 Å². The summed E-state index contributed by atoms with van der Waals surface area (Å²) in [6.45, 7) is 6.77. The first-order chi connectivity index (χ1) is 7.86. The molecule has 0 heterocycles.